The summed E-state index contributed by atoms with van der Waals surface area (Å²) in [6.07, 6.45) is 3.67. The second-order valence-corrected chi connectivity index (χ2v) is 7.45. The summed E-state index contributed by atoms with van der Waals surface area (Å²) in [4.78, 5) is 6.43. The summed E-state index contributed by atoms with van der Waals surface area (Å²) in [5.41, 5.74) is 3.35. The van der Waals surface area contributed by atoms with Crippen molar-refractivity contribution >= 4 is 33.6 Å². The highest BCUT2D eigenvalue weighted by Crippen LogP contribution is 2.36. The predicted molar refractivity (Wildman–Crippen MR) is 109 cm³/mol. The number of rotatable bonds is 3. The Morgan fingerprint density at radius 1 is 0.741 bits per heavy atom. The third-order valence-corrected chi connectivity index (χ3v) is 5.60. The fourth-order valence-corrected chi connectivity index (χ4v) is 4.28. The fraction of sp³-hybridized carbons (Fsp3) is 0. The van der Waals surface area contributed by atoms with Crippen LogP contribution >= 0.6 is 11.8 Å². The van der Waals surface area contributed by atoms with Crippen LogP contribution in [0.3, 0.4) is 0 Å². The van der Waals surface area contributed by atoms with E-state index in [4.69, 9.17) is 0 Å². The molecule has 3 aromatic carbocycles. The van der Waals surface area contributed by atoms with E-state index in [9.17, 15) is 4.39 Å². The first kappa shape index (κ1) is 16.1. The maximum absolute atomic E-state index is 13.2. The van der Waals surface area contributed by atoms with Gasteiger partial charge in [0, 0.05) is 26.8 Å². The first-order valence-electron chi connectivity index (χ1n) is 8.67. The molecule has 0 N–H and O–H groups in total. The summed E-state index contributed by atoms with van der Waals surface area (Å²) < 4.78 is 15.4. The van der Waals surface area contributed by atoms with Crippen LogP contribution in [-0.2, 0) is 0 Å². The zero-order chi connectivity index (χ0) is 18.2. The smallest absolute Gasteiger partial charge is 0.123 e. The van der Waals surface area contributed by atoms with Crippen molar-refractivity contribution in [1.82, 2.24) is 9.55 Å². The molecule has 0 aliphatic heterocycles. The molecule has 0 aliphatic rings. The Labute approximate surface area is 160 Å². The molecule has 0 saturated heterocycles. The number of hydrogen-bond donors (Lipinski definition) is 0. The van der Waals surface area contributed by atoms with E-state index in [1.54, 1.807) is 18.0 Å². The molecule has 2 aromatic heterocycles. The molecule has 0 spiro atoms. The van der Waals surface area contributed by atoms with Crippen LogP contribution < -0.4 is 0 Å². The van der Waals surface area contributed by atoms with Gasteiger partial charge in [-0.05, 0) is 60.7 Å². The van der Waals surface area contributed by atoms with Gasteiger partial charge in [-0.25, -0.2) is 4.39 Å². The zero-order valence-corrected chi connectivity index (χ0v) is 15.2. The summed E-state index contributed by atoms with van der Waals surface area (Å²) in [5, 5.41) is 2.40. The molecule has 0 atom stereocenters. The summed E-state index contributed by atoms with van der Waals surface area (Å²) >= 11 is 1.64. The number of nitrogens with zero attached hydrogens (tertiary/aromatic N) is 2. The molecular weight excluding hydrogens is 355 g/mol. The van der Waals surface area contributed by atoms with E-state index < -0.39 is 0 Å². The molecule has 2 nitrogen and oxygen atoms in total. The van der Waals surface area contributed by atoms with Crippen LogP contribution in [0.2, 0.25) is 0 Å². The minimum Gasteiger partial charge on any atom is -0.308 e. The summed E-state index contributed by atoms with van der Waals surface area (Å²) in [7, 11) is 0. The molecule has 0 saturated carbocycles. The Morgan fingerprint density at radius 3 is 2.33 bits per heavy atom. The highest BCUT2D eigenvalue weighted by molar-refractivity contribution is 7.99. The number of hydrogen-bond acceptors (Lipinski definition) is 2. The molecule has 5 rings (SSSR count). The van der Waals surface area contributed by atoms with Crippen LogP contribution in [0.4, 0.5) is 4.39 Å². The minimum atomic E-state index is -0.214. The van der Waals surface area contributed by atoms with Gasteiger partial charge in [-0.2, -0.15) is 0 Å². The quantitative estimate of drug-likeness (QED) is 0.362. The van der Waals surface area contributed by atoms with E-state index in [1.807, 2.05) is 24.4 Å². The summed E-state index contributed by atoms with van der Waals surface area (Å²) in [5.74, 6) is -0.214. The van der Waals surface area contributed by atoms with Crippen molar-refractivity contribution in [2.24, 2.45) is 0 Å². The number of para-hydroxylation sites is 1. The van der Waals surface area contributed by atoms with Gasteiger partial charge in [0.2, 0.25) is 0 Å². The van der Waals surface area contributed by atoms with E-state index in [2.05, 4.69) is 58.1 Å². The fourth-order valence-electron chi connectivity index (χ4n) is 3.42. The molecule has 5 aromatic rings. The predicted octanol–water partition coefficient (Wildman–Crippen LogP) is 6.47. The lowest BCUT2D eigenvalue weighted by Crippen LogP contribution is -1.93. The topological polar surface area (TPSA) is 17.8 Å². The van der Waals surface area contributed by atoms with Crippen molar-refractivity contribution in [2.75, 3.05) is 0 Å². The van der Waals surface area contributed by atoms with Crippen LogP contribution in [0.5, 0.6) is 0 Å². The van der Waals surface area contributed by atoms with Crippen molar-refractivity contribution in [1.29, 1.82) is 0 Å². The number of pyridine rings is 1. The van der Waals surface area contributed by atoms with Gasteiger partial charge in [0.1, 0.15) is 5.82 Å². The van der Waals surface area contributed by atoms with Gasteiger partial charge in [-0.15, -0.1) is 0 Å². The van der Waals surface area contributed by atoms with Crippen molar-refractivity contribution in [2.45, 2.75) is 9.79 Å². The lowest BCUT2D eigenvalue weighted by Gasteiger charge is -2.07. The largest absolute Gasteiger partial charge is 0.308 e. The van der Waals surface area contributed by atoms with E-state index in [-0.39, 0.29) is 5.82 Å². The Hall–Kier alpha value is -3.11. The van der Waals surface area contributed by atoms with Gasteiger partial charge in [-0.3, -0.25) is 4.98 Å². The lowest BCUT2D eigenvalue weighted by molar-refractivity contribution is 0.626. The first-order valence-corrected chi connectivity index (χ1v) is 9.48. The number of aromatic nitrogens is 2. The Bertz CT molecular complexity index is 1240. The second-order valence-electron chi connectivity index (χ2n) is 6.30. The number of halogens is 1. The van der Waals surface area contributed by atoms with Gasteiger partial charge < -0.3 is 4.57 Å². The third kappa shape index (κ3) is 2.88. The normalized spacial score (nSPS) is 11.3. The lowest BCUT2D eigenvalue weighted by atomic mass is 10.1. The van der Waals surface area contributed by atoms with E-state index >= 15 is 0 Å². The number of fused-ring (bicyclic) bond motifs is 3. The first-order chi connectivity index (χ1) is 13.3. The van der Waals surface area contributed by atoms with E-state index in [0.29, 0.717) is 0 Å². The average Bonchev–Trinajstić information content (AvgIpc) is 3.04. The molecule has 4 heteroatoms. The van der Waals surface area contributed by atoms with Crippen LogP contribution in [0, 0.1) is 5.82 Å². The molecule has 0 unspecified atom stereocenters. The van der Waals surface area contributed by atoms with Gasteiger partial charge in [0.15, 0.2) is 0 Å². The van der Waals surface area contributed by atoms with Gasteiger partial charge >= 0.3 is 0 Å². The number of benzene rings is 3. The van der Waals surface area contributed by atoms with Gasteiger partial charge in [-0.1, -0.05) is 30.0 Å². The standard InChI is InChI=1S/C23H15FN2S/c24-16-7-9-18(10-8-16)27-19-11-12-23-21(14-19)20-5-1-2-6-22(20)26(23)17-4-3-13-25-15-17/h1-15H. The maximum atomic E-state index is 13.2. The van der Waals surface area contributed by atoms with Crippen molar-refractivity contribution < 1.29 is 4.39 Å². The van der Waals surface area contributed by atoms with Crippen molar-refractivity contribution in [3.8, 4) is 5.69 Å². The van der Waals surface area contributed by atoms with Gasteiger partial charge in [0.25, 0.3) is 0 Å². The van der Waals surface area contributed by atoms with E-state index in [1.165, 1.54) is 22.9 Å². The molecule has 2 heterocycles. The molecule has 0 aliphatic carbocycles. The van der Waals surface area contributed by atoms with Crippen LogP contribution in [-0.4, -0.2) is 9.55 Å². The molecule has 0 amide bonds. The maximum Gasteiger partial charge on any atom is 0.123 e. The Balaban J connectivity index is 1.69. The zero-order valence-electron chi connectivity index (χ0n) is 14.3. The second kappa shape index (κ2) is 6.56. The average molecular weight is 370 g/mol. The van der Waals surface area contributed by atoms with Crippen LogP contribution in [0.25, 0.3) is 27.5 Å². The molecule has 0 radical (unpaired) electrons. The SMILES string of the molecule is Fc1ccc(Sc2ccc3c(c2)c2ccccc2n3-c2cccnc2)cc1. The minimum absolute atomic E-state index is 0.214. The monoisotopic (exact) mass is 370 g/mol. The summed E-state index contributed by atoms with van der Waals surface area (Å²) in [6, 6.07) is 25.5. The Kier molecular flexibility index (Phi) is 3.91. The Morgan fingerprint density at radius 2 is 1.52 bits per heavy atom. The molecule has 27 heavy (non-hydrogen) atoms. The molecule has 0 bridgehead atoms. The molecular formula is C23H15FN2S. The van der Waals surface area contributed by atoms with Crippen LogP contribution in [0.15, 0.2) is 101 Å². The molecule has 0 fully saturated rings. The third-order valence-electron chi connectivity index (χ3n) is 4.60. The van der Waals surface area contributed by atoms with E-state index in [0.717, 1.165) is 26.5 Å². The van der Waals surface area contributed by atoms with Crippen LogP contribution in [0.1, 0.15) is 0 Å². The van der Waals surface area contributed by atoms with Crippen molar-refractivity contribution in [3.63, 3.8) is 0 Å². The highest BCUT2D eigenvalue weighted by Gasteiger charge is 2.12. The highest BCUT2D eigenvalue weighted by atomic mass is 32.2. The van der Waals surface area contributed by atoms with Crippen molar-refractivity contribution in [3.05, 3.63) is 97.1 Å². The molecule has 130 valence electrons. The van der Waals surface area contributed by atoms with Gasteiger partial charge in [0.05, 0.1) is 22.9 Å². The summed E-state index contributed by atoms with van der Waals surface area (Å²) in [6.45, 7) is 0.